The second-order valence-electron chi connectivity index (χ2n) is 24.3. The molecule has 0 unspecified atom stereocenters. The zero-order chi connectivity index (χ0) is 49.3. The molecule has 74 heavy (non-hydrogen) atoms. The van der Waals surface area contributed by atoms with E-state index >= 15 is 0 Å². The zero-order valence-electron chi connectivity index (χ0n) is 44.9. The van der Waals surface area contributed by atoms with Gasteiger partial charge in [0.15, 0.2) is 0 Å². The van der Waals surface area contributed by atoms with Gasteiger partial charge in [0.2, 0.25) is 0 Å². The van der Waals surface area contributed by atoms with E-state index in [-0.39, 0.29) is 24.8 Å². The average Bonchev–Trinajstić information content (AvgIpc) is 4.17. The molecule has 8 aliphatic carbocycles. The maximum atomic E-state index is 2.39. The Labute approximate surface area is 487 Å². The SMILES string of the molecule is C[C](C)=[Zr+2].C[C](C)=[Zr+2].[Cl-].[Cl-].c1ccc2c(C(C3CC3)C3CC3)c[cH-]c2c1.c1ccc2c(C(C3CC3)C3CC3)c[cH-]c2c1.c1ccc2c(C(C3CC3)C3CC3)c[cH-]c2c1.c1ccc2c(C(C3CC3)C3CC3)c[cH-]c2c1. The molecule has 0 radical (unpaired) electrons. The Morgan fingerprint density at radius 2 is 0.459 bits per heavy atom. The number of hydrogen-bond donors (Lipinski definition) is 0. The van der Waals surface area contributed by atoms with Crippen LogP contribution in [0.3, 0.4) is 0 Å². The summed E-state index contributed by atoms with van der Waals surface area (Å²) in [7, 11) is 0. The first-order valence-corrected chi connectivity index (χ1v) is 31.3. The summed E-state index contributed by atoms with van der Waals surface area (Å²) in [5.74, 6) is 11.7. The topological polar surface area (TPSA) is 0 Å². The summed E-state index contributed by atoms with van der Waals surface area (Å²) >= 11 is 3.11. The minimum absolute atomic E-state index is 0. The molecule has 0 saturated heterocycles. The van der Waals surface area contributed by atoms with E-state index in [2.05, 4.69) is 173 Å². The first-order chi connectivity index (χ1) is 35.2. The molecule has 0 nitrogen and oxygen atoms in total. The Balaban J connectivity index is 0.000000114. The Morgan fingerprint density at radius 3 is 0.608 bits per heavy atom. The van der Waals surface area contributed by atoms with Gasteiger partial charge in [0, 0.05) is 0 Å². The minimum Gasteiger partial charge on any atom is -1.00 e. The third kappa shape index (κ3) is 14.5. The quantitative estimate of drug-likeness (QED) is 0.107. The van der Waals surface area contributed by atoms with E-state index < -0.39 is 0 Å². The normalized spacial score (nSPS) is 18.8. The summed E-state index contributed by atoms with van der Waals surface area (Å²) in [4.78, 5) is 0. The van der Waals surface area contributed by atoms with E-state index in [1.165, 1.54) is 152 Å². The summed E-state index contributed by atoms with van der Waals surface area (Å²) in [5, 5.41) is 11.8. The Kier molecular flexibility index (Phi) is 19.3. The molecule has 0 N–H and O–H groups in total. The van der Waals surface area contributed by atoms with Gasteiger partial charge in [-0.2, -0.15) is 0 Å². The van der Waals surface area contributed by atoms with Gasteiger partial charge in [-0.05, 0) is 47.3 Å². The van der Waals surface area contributed by atoms with Gasteiger partial charge in [0.25, 0.3) is 0 Å². The van der Waals surface area contributed by atoms with Crippen molar-refractivity contribution in [3.63, 3.8) is 0 Å². The third-order valence-electron chi connectivity index (χ3n) is 17.3. The van der Waals surface area contributed by atoms with Crippen LogP contribution in [0.5, 0.6) is 0 Å². The van der Waals surface area contributed by atoms with Crippen LogP contribution in [0, 0.1) is 47.3 Å². The molecule has 0 bridgehead atoms. The molecule has 16 rings (SSSR count). The van der Waals surface area contributed by atoms with Crippen LogP contribution < -0.4 is 24.8 Å². The van der Waals surface area contributed by atoms with Crippen molar-refractivity contribution in [3.8, 4) is 0 Å². The van der Waals surface area contributed by atoms with Crippen LogP contribution in [0.2, 0.25) is 0 Å². The van der Waals surface area contributed by atoms with Gasteiger partial charge in [0.05, 0.1) is 0 Å². The smallest absolute Gasteiger partial charge is 0.0430 e. The molecule has 0 aliphatic heterocycles. The van der Waals surface area contributed by atoms with Crippen LogP contribution in [-0.2, 0) is 48.5 Å². The fourth-order valence-corrected chi connectivity index (χ4v) is 13.1. The Hall–Kier alpha value is -2.59. The first kappa shape index (κ1) is 56.1. The van der Waals surface area contributed by atoms with Crippen molar-refractivity contribution in [2.75, 3.05) is 0 Å². The largest absolute Gasteiger partial charge is 1.00 e. The van der Waals surface area contributed by atoms with Crippen LogP contribution in [0.25, 0.3) is 43.1 Å². The average molecular weight is 1170 g/mol. The maximum Gasteiger partial charge on any atom is -0.0430 e. The summed E-state index contributed by atoms with van der Waals surface area (Å²) in [6.45, 7) is 8.49. The third-order valence-corrected chi connectivity index (χ3v) is 17.3. The second-order valence-corrected chi connectivity index (χ2v) is 29.2. The number of halogens is 2. The van der Waals surface area contributed by atoms with Crippen LogP contribution in [0.15, 0.2) is 146 Å². The maximum absolute atomic E-state index is 2.39. The van der Waals surface area contributed by atoms with Crippen LogP contribution in [0.1, 0.15) is 176 Å². The fraction of sp³-hybridized carbons (Fsp3) is 0.457. The van der Waals surface area contributed by atoms with E-state index in [0.717, 1.165) is 71.0 Å². The predicted octanol–water partition coefficient (Wildman–Crippen LogP) is 13.3. The molecule has 8 aromatic rings. The van der Waals surface area contributed by atoms with Crippen molar-refractivity contribution in [2.45, 2.75) is 154 Å². The van der Waals surface area contributed by atoms with E-state index in [4.69, 9.17) is 0 Å². The second kappa shape index (κ2) is 25.5. The van der Waals surface area contributed by atoms with Crippen molar-refractivity contribution in [1.82, 2.24) is 0 Å². The van der Waals surface area contributed by atoms with Crippen LogP contribution in [0.4, 0.5) is 0 Å². The van der Waals surface area contributed by atoms with E-state index in [9.17, 15) is 0 Å². The molecule has 8 aromatic carbocycles. The van der Waals surface area contributed by atoms with Crippen LogP contribution >= 0.6 is 0 Å². The molecule has 8 fully saturated rings. The Morgan fingerprint density at radius 1 is 0.311 bits per heavy atom. The fourth-order valence-electron chi connectivity index (χ4n) is 13.1. The van der Waals surface area contributed by atoms with Gasteiger partial charge < -0.3 is 24.8 Å². The van der Waals surface area contributed by atoms with E-state index in [1.54, 1.807) is 70.7 Å². The minimum atomic E-state index is 0. The molecule has 0 spiro atoms. The molecule has 0 heterocycles. The van der Waals surface area contributed by atoms with E-state index in [0.29, 0.717) is 0 Å². The zero-order valence-corrected chi connectivity index (χ0v) is 51.3. The number of benzene rings is 4. The summed E-state index contributed by atoms with van der Waals surface area (Å²) in [6.07, 6.45) is 23.6. The molecule has 384 valence electrons. The molecule has 0 aromatic heterocycles. The number of hydrogen-bond acceptors (Lipinski definition) is 0. The van der Waals surface area contributed by atoms with Crippen molar-refractivity contribution < 1.29 is 73.3 Å². The summed E-state index contributed by atoms with van der Waals surface area (Å²) in [6, 6.07) is 54.4. The van der Waals surface area contributed by atoms with Crippen molar-refractivity contribution >= 4 is 49.5 Å². The van der Waals surface area contributed by atoms with Gasteiger partial charge in [-0.1, -0.05) is 151 Å². The first-order valence-electron chi connectivity index (χ1n) is 28.8. The summed E-state index contributed by atoms with van der Waals surface area (Å²) < 4.78 is 3.01. The molecule has 8 aliphatic rings. The van der Waals surface area contributed by atoms with Gasteiger partial charge in [-0.15, -0.1) is 187 Å². The molecule has 0 amide bonds. The van der Waals surface area contributed by atoms with E-state index in [1.807, 2.05) is 0 Å². The van der Waals surface area contributed by atoms with Crippen molar-refractivity contribution in [3.05, 3.63) is 168 Å². The van der Waals surface area contributed by atoms with Gasteiger partial charge in [-0.25, -0.2) is 0 Å². The standard InChI is InChI=1S/4C16H17.2C3H6.2ClH.2Zr/c4*1-2-4-14-11(3-1)9-10-15(14)16(12-5-6-12)13-7-8-13;2*1-3-2;;;;/h4*1-4,9-10,12-13,16H,5-8H2;2*1-2H3;2*1H;;/q4*-1;;;;;2*+2/p-2. The van der Waals surface area contributed by atoms with Gasteiger partial charge in [0.1, 0.15) is 0 Å². The monoisotopic (exact) mass is 1170 g/mol. The molecular formula is C70H80Cl2Zr2-2. The predicted molar refractivity (Wildman–Crippen MR) is 304 cm³/mol. The van der Waals surface area contributed by atoms with Gasteiger partial charge >= 0.3 is 82.6 Å². The molecule has 8 saturated carbocycles. The number of rotatable bonds is 12. The molecule has 0 atom stereocenters. The molecule has 4 heteroatoms. The van der Waals surface area contributed by atoms with Crippen molar-refractivity contribution in [2.24, 2.45) is 47.3 Å². The van der Waals surface area contributed by atoms with Gasteiger partial charge in [-0.3, -0.25) is 0 Å². The molecular weight excluding hydrogens is 1090 g/mol. The number of fused-ring (bicyclic) bond motifs is 4. The van der Waals surface area contributed by atoms with Crippen molar-refractivity contribution in [1.29, 1.82) is 0 Å². The Bertz CT molecular complexity index is 2610. The van der Waals surface area contributed by atoms with Crippen LogP contribution in [-0.4, -0.2) is 6.41 Å². The summed E-state index contributed by atoms with van der Waals surface area (Å²) in [5.41, 5.74) is 6.61.